The zero-order valence-electron chi connectivity index (χ0n) is 35.6. The Labute approximate surface area is 332 Å². The van der Waals surface area contributed by atoms with Crippen LogP contribution in [0, 0.1) is 40.9 Å². The highest BCUT2D eigenvalue weighted by Crippen LogP contribution is 2.62. The Morgan fingerprint density at radius 1 is 1.07 bits per heavy atom. The summed E-state index contributed by atoms with van der Waals surface area (Å²) in [5.41, 5.74) is 4.99. The summed E-state index contributed by atoms with van der Waals surface area (Å²) in [6.07, 6.45) is 12.3. The number of hydrogen-bond acceptors (Lipinski definition) is 5. The zero-order chi connectivity index (χ0) is 39.4. The predicted molar refractivity (Wildman–Crippen MR) is 220 cm³/mol. The van der Waals surface area contributed by atoms with Gasteiger partial charge in [0, 0.05) is 38.0 Å². The first-order valence-electron chi connectivity index (χ1n) is 22.0. The van der Waals surface area contributed by atoms with Crippen LogP contribution in [0.4, 0.5) is 0 Å². The molecule has 0 spiro atoms. The molecule has 3 heterocycles. The topological polar surface area (TPSA) is 78.7 Å². The molecule has 7 nitrogen and oxygen atoms in total. The third kappa shape index (κ3) is 7.43. The van der Waals surface area contributed by atoms with Gasteiger partial charge in [0.2, 0.25) is 11.8 Å². The van der Waals surface area contributed by atoms with Crippen LogP contribution in [0.1, 0.15) is 132 Å². The van der Waals surface area contributed by atoms with Gasteiger partial charge in [0.15, 0.2) is 5.78 Å². The van der Waals surface area contributed by atoms with E-state index in [1.54, 1.807) is 5.57 Å². The predicted octanol–water partition coefficient (Wildman–Crippen LogP) is 8.67. The van der Waals surface area contributed by atoms with Crippen molar-refractivity contribution >= 4 is 17.6 Å². The van der Waals surface area contributed by atoms with Crippen LogP contribution in [0.25, 0.3) is 0 Å². The highest BCUT2D eigenvalue weighted by atomic mass is 16.5. The maximum absolute atomic E-state index is 14.0. The van der Waals surface area contributed by atoms with Gasteiger partial charge >= 0.3 is 0 Å². The lowest BCUT2D eigenvalue weighted by Crippen LogP contribution is -2.57. The number of likely N-dealkylation sites (tertiary alicyclic amines) is 1. The number of allylic oxidation sites excluding steroid dienone is 3. The molecule has 6 aliphatic rings. The van der Waals surface area contributed by atoms with Gasteiger partial charge in [-0.1, -0.05) is 89.9 Å². The highest BCUT2D eigenvalue weighted by Gasteiger charge is 2.66. The van der Waals surface area contributed by atoms with E-state index in [1.165, 1.54) is 42.4 Å². The lowest BCUT2D eigenvalue weighted by atomic mass is 9.56. The number of fused-ring (bicyclic) bond motifs is 6. The monoisotopic (exact) mass is 754 g/mol. The molecule has 2 amide bonds. The van der Waals surface area contributed by atoms with Crippen molar-refractivity contribution in [2.24, 2.45) is 40.9 Å². The molecule has 0 radical (unpaired) electrons. The van der Waals surface area contributed by atoms with E-state index in [1.807, 2.05) is 30.9 Å². The minimum atomic E-state index is -0.803. The molecule has 1 N–H and O–H groups in total. The number of nitrogens with one attached hydrogen (secondary N) is 1. The Balaban J connectivity index is 0.993. The van der Waals surface area contributed by atoms with Gasteiger partial charge in [0.05, 0.1) is 18.8 Å². The first-order valence-corrected chi connectivity index (χ1v) is 22.0. The molecule has 2 saturated carbocycles. The number of carbonyl (C=O) groups is 3. The van der Waals surface area contributed by atoms with Crippen molar-refractivity contribution in [1.82, 2.24) is 15.1 Å². The zero-order valence-corrected chi connectivity index (χ0v) is 35.6. The van der Waals surface area contributed by atoms with Crippen molar-refractivity contribution < 1.29 is 19.1 Å². The van der Waals surface area contributed by atoms with Gasteiger partial charge in [0.1, 0.15) is 5.54 Å². The van der Waals surface area contributed by atoms with Crippen molar-refractivity contribution in [1.29, 1.82) is 0 Å². The molecule has 1 aromatic rings. The SMILES string of the molecule is CCC1N(C(=O)C(C)CC(C)(C)c2ccccc2)C1(C)C(=O)NCCN1CC(C)CC2OCC(C)=C3CC4C(CCC5=CC(=O)CCC54C)C3CCC(C)C21. The number of hydrogen-bond donors (Lipinski definition) is 1. The molecule has 55 heavy (non-hydrogen) atoms. The van der Waals surface area contributed by atoms with Crippen molar-refractivity contribution in [3.05, 3.63) is 58.7 Å². The van der Waals surface area contributed by atoms with E-state index in [4.69, 9.17) is 4.74 Å². The highest BCUT2D eigenvalue weighted by molar-refractivity contribution is 5.98. The molecule has 2 saturated heterocycles. The quantitative estimate of drug-likeness (QED) is 0.202. The van der Waals surface area contributed by atoms with E-state index < -0.39 is 5.54 Å². The summed E-state index contributed by atoms with van der Waals surface area (Å²) >= 11 is 0. The van der Waals surface area contributed by atoms with E-state index >= 15 is 0 Å². The first-order chi connectivity index (χ1) is 26.1. The van der Waals surface area contributed by atoms with Crippen molar-refractivity contribution in [2.75, 3.05) is 26.2 Å². The molecule has 11 atom stereocenters. The summed E-state index contributed by atoms with van der Waals surface area (Å²) in [6, 6.07) is 10.7. The largest absolute Gasteiger partial charge is 0.372 e. The van der Waals surface area contributed by atoms with Gasteiger partial charge in [-0.3, -0.25) is 19.3 Å². The molecular weight excluding hydrogens is 683 g/mol. The standard InChI is InChI=1S/C48H71N3O4/c1-10-42-48(9,51(42)44(53)32(4)27-46(6,7)34-14-12-11-13-15-34)45(54)49-22-23-50-28-30(2)24-41-43(50)31(3)16-18-37-38-19-17-35-25-36(52)20-21-47(35,8)40(38)26-39(37)33(5)29-55-41/h11-15,25,30-32,37-38,40-43H,10,16-24,26-29H2,1-9H3,(H,49,54). The molecule has 0 aromatic heterocycles. The molecule has 4 fully saturated rings. The summed E-state index contributed by atoms with van der Waals surface area (Å²) in [5, 5.41) is 3.32. The van der Waals surface area contributed by atoms with Crippen molar-refractivity contribution in [3.8, 4) is 0 Å². The second-order valence-corrected chi connectivity index (χ2v) is 20.1. The third-order valence-electron chi connectivity index (χ3n) is 16.0. The fourth-order valence-electron chi connectivity index (χ4n) is 12.8. The van der Waals surface area contributed by atoms with Crippen LogP contribution in [-0.4, -0.2) is 77.4 Å². The number of rotatable bonds is 9. The molecular formula is C48H71N3O4. The van der Waals surface area contributed by atoms with Gasteiger partial charge in [-0.2, -0.15) is 0 Å². The number of nitrogens with zero attached hydrogens (tertiary/aromatic N) is 2. The van der Waals surface area contributed by atoms with Gasteiger partial charge in [-0.25, -0.2) is 0 Å². The number of ether oxygens (including phenoxy) is 1. The Kier molecular flexibility index (Phi) is 11.4. The summed E-state index contributed by atoms with van der Waals surface area (Å²) < 4.78 is 6.97. The minimum Gasteiger partial charge on any atom is -0.372 e. The van der Waals surface area contributed by atoms with Gasteiger partial charge in [0.25, 0.3) is 0 Å². The molecule has 7 heteroatoms. The van der Waals surface area contributed by atoms with Crippen LogP contribution in [0.2, 0.25) is 0 Å². The van der Waals surface area contributed by atoms with Crippen LogP contribution in [0.15, 0.2) is 53.1 Å². The Morgan fingerprint density at radius 3 is 2.55 bits per heavy atom. The summed E-state index contributed by atoms with van der Waals surface area (Å²) in [4.78, 5) is 44.8. The van der Waals surface area contributed by atoms with Crippen LogP contribution in [0.5, 0.6) is 0 Å². The number of carbonyl (C=O) groups excluding carboxylic acids is 3. The van der Waals surface area contributed by atoms with Crippen LogP contribution < -0.4 is 5.32 Å². The molecule has 7 rings (SSSR count). The Hall–Kier alpha value is -2.77. The summed E-state index contributed by atoms with van der Waals surface area (Å²) in [6.45, 7) is 23.2. The molecule has 302 valence electrons. The van der Waals surface area contributed by atoms with Gasteiger partial charge in [-0.15, -0.1) is 0 Å². The van der Waals surface area contributed by atoms with Gasteiger partial charge in [-0.05, 0) is 129 Å². The number of piperidine rings is 1. The normalized spacial score (nSPS) is 37.2. The van der Waals surface area contributed by atoms with E-state index in [0.29, 0.717) is 61.0 Å². The number of amides is 2. The Morgan fingerprint density at radius 2 is 1.82 bits per heavy atom. The average Bonchev–Trinajstić information content (AvgIpc) is 3.59. The number of benzene rings is 1. The Bertz CT molecular complexity index is 1680. The first kappa shape index (κ1) is 40.4. The van der Waals surface area contributed by atoms with E-state index in [-0.39, 0.29) is 40.7 Å². The fraction of sp³-hybridized carbons (Fsp3) is 0.729. The summed E-state index contributed by atoms with van der Waals surface area (Å²) in [5.74, 6) is 3.14. The summed E-state index contributed by atoms with van der Waals surface area (Å²) in [7, 11) is 0. The van der Waals surface area contributed by atoms with Crippen LogP contribution in [0.3, 0.4) is 0 Å². The second kappa shape index (κ2) is 15.5. The lowest BCUT2D eigenvalue weighted by Gasteiger charge is -2.48. The molecule has 3 aliphatic heterocycles. The van der Waals surface area contributed by atoms with Crippen molar-refractivity contribution in [2.45, 2.75) is 156 Å². The van der Waals surface area contributed by atoms with E-state index in [2.05, 4.69) is 82.9 Å². The molecule has 1 aromatic carbocycles. The minimum absolute atomic E-state index is 0.0235. The smallest absolute Gasteiger partial charge is 0.247 e. The maximum atomic E-state index is 14.0. The van der Waals surface area contributed by atoms with Crippen LogP contribution in [-0.2, 0) is 24.5 Å². The fourth-order valence-corrected chi connectivity index (χ4v) is 12.8. The van der Waals surface area contributed by atoms with E-state index in [9.17, 15) is 14.4 Å². The van der Waals surface area contributed by atoms with Gasteiger partial charge < -0.3 is 15.0 Å². The van der Waals surface area contributed by atoms with E-state index in [0.717, 1.165) is 45.2 Å². The molecule has 0 bridgehead atoms. The average molecular weight is 754 g/mol. The van der Waals surface area contributed by atoms with Crippen molar-refractivity contribution in [3.63, 3.8) is 0 Å². The van der Waals surface area contributed by atoms with Crippen LogP contribution >= 0.6 is 0 Å². The number of ketones is 1. The lowest BCUT2D eigenvalue weighted by molar-refractivity contribution is -0.135. The maximum Gasteiger partial charge on any atom is 0.247 e. The third-order valence-corrected chi connectivity index (χ3v) is 16.0. The molecule has 11 unspecified atom stereocenters. The second-order valence-electron chi connectivity index (χ2n) is 20.1. The molecule has 3 aliphatic carbocycles.